The van der Waals surface area contributed by atoms with Gasteiger partial charge < -0.3 is 15.0 Å². The topological polar surface area (TPSA) is 71.2 Å². The molecule has 1 amide bonds. The van der Waals surface area contributed by atoms with Crippen molar-refractivity contribution in [1.82, 2.24) is 10.3 Å². The number of esters is 1. The lowest BCUT2D eigenvalue weighted by Crippen LogP contribution is -2.38. The summed E-state index contributed by atoms with van der Waals surface area (Å²) in [6.07, 6.45) is 1.95. The molecule has 0 unspecified atom stereocenters. The van der Waals surface area contributed by atoms with Crippen molar-refractivity contribution >= 4 is 22.8 Å². The second-order valence-electron chi connectivity index (χ2n) is 5.80. The summed E-state index contributed by atoms with van der Waals surface area (Å²) in [4.78, 5) is 26.7. The number of aromatic nitrogens is 1. The summed E-state index contributed by atoms with van der Waals surface area (Å²) in [6.45, 7) is 5.73. The Hall–Kier alpha value is -2.30. The van der Waals surface area contributed by atoms with Crippen LogP contribution in [0, 0.1) is 5.92 Å². The Bertz CT molecular complexity index is 661. The van der Waals surface area contributed by atoms with E-state index < -0.39 is 5.97 Å². The first-order chi connectivity index (χ1) is 10.5. The number of aromatic amines is 1. The second-order valence-corrected chi connectivity index (χ2v) is 5.80. The van der Waals surface area contributed by atoms with E-state index in [9.17, 15) is 9.59 Å². The molecule has 5 heteroatoms. The summed E-state index contributed by atoms with van der Waals surface area (Å²) < 4.78 is 5.04. The Morgan fingerprint density at radius 2 is 1.95 bits per heavy atom. The number of carbonyl (C=O) groups excluding carboxylic acids is 2. The summed E-state index contributed by atoms with van der Waals surface area (Å²) >= 11 is 0. The minimum absolute atomic E-state index is 0.0554. The van der Waals surface area contributed by atoms with Crippen LogP contribution in [0.1, 0.15) is 26.3 Å². The third-order valence-electron chi connectivity index (χ3n) is 3.76. The van der Waals surface area contributed by atoms with Crippen LogP contribution in [0.25, 0.3) is 10.9 Å². The zero-order chi connectivity index (χ0) is 16.1. The molecule has 0 aliphatic heterocycles. The lowest BCUT2D eigenvalue weighted by atomic mass is 10.1. The normalized spacial score (nSPS) is 12.4. The Labute approximate surface area is 130 Å². The Balaban J connectivity index is 1.84. The van der Waals surface area contributed by atoms with Crippen molar-refractivity contribution in [2.45, 2.75) is 33.2 Å². The van der Waals surface area contributed by atoms with Crippen LogP contribution in [0.5, 0.6) is 0 Å². The minimum Gasteiger partial charge on any atom is -0.455 e. The molecule has 2 aromatic rings. The molecule has 118 valence electrons. The molecule has 0 saturated heterocycles. The number of rotatable bonds is 6. The number of H-pyrrole nitrogens is 1. The smallest absolute Gasteiger partial charge is 0.310 e. The maximum atomic E-state index is 11.9. The van der Waals surface area contributed by atoms with Gasteiger partial charge in [-0.25, -0.2) is 0 Å². The van der Waals surface area contributed by atoms with E-state index in [1.54, 1.807) is 6.20 Å². The third kappa shape index (κ3) is 4.10. The van der Waals surface area contributed by atoms with Crippen molar-refractivity contribution in [3.8, 4) is 0 Å². The summed E-state index contributed by atoms with van der Waals surface area (Å²) in [7, 11) is 0. The lowest BCUT2D eigenvalue weighted by Gasteiger charge is -2.17. The highest BCUT2D eigenvalue weighted by molar-refractivity contribution is 5.88. The first kappa shape index (κ1) is 16.1. The van der Waals surface area contributed by atoms with Gasteiger partial charge in [0.1, 0.15) is 0 Å². The number of carbonyl (C=O) groups is 2. The molecule has 0 bridgehead atoms. The van der Waals surface area contributed by atoms with Gasteiger partial charge in [0, 0.05) is 23.1 Å². The molecular weight excluding hydrogens is 280 g/mol. The molecule has 0 fully saturated rings. The zero-order valence-electron chi connectivity index (χ0n) is 13.2. The fraction of sp³-hybridized carbons (Fsp3) is 0.412. The highest BCUT2D eigenvalue weighted by Gasteiger charge is 2.14. The average Bonchev–Trinajstić information content (AvgIpc) is 2.88. The fourth-order valence-corrected chi connectivity index (χ4v) is 2.09. The van der Waals surface area contributed by atoms with Gasteiger partial charge in [-0.1, -0.05) is 32.0 Å². The van der Waals surface area contributed by atoms with Gasteiger partial charge in [-0.2, -0.15) is 0 Å². The molecule has 1 aromatic heterocycles. The number of fused-ring (bicyclic) bond motifs is 1. The van der Waals surface area contributed by atoms with E-state index >= 15 is 0 Å². The van der Waals surface area contributed by atoms with Crippen LogP contribution in [-0.2, 0) is 20.7 Å². The van der Waals surface area contributed by atoms with Gasteiger partial charge in [-0.3, -0.25) is 9.59 Å². The van der Waals surface area contributed by atoms with Crippen molar-refractivity contribution in [3.63, 3.8) is 0 Å². The molecule has 1 aromatic carbocycles. The Kier molecular flexibility index (Phi) is 5.20. The molecule has 0 spiro atoms. The molecule has 5 nitrogen and oxygen atoms in total. The molecule has 0 aliphatic carbocycles. The summed E-state index contributed by atoms with van der Waals surface area (Å²) in [5.41, 5.74) is 1.85. The molecule has 0 aliphatic rings. The standard InChI is InChI=1S/C17H22N2O3/c1-11(2)12(3)19-16(20)10-22-17(21)8-13-9-18-15-7-5-4-6-14(13)15/h4-7,9,11-12,18H,8,10H2,1-3H3,(H,19,20)/t12-/m0/s1. The van der Waals surface area contributed by atoms with Gasteiger partial charge in [0.25, 0.3) is 5.91 Å². The number of amides is 1. The van der Waals surface area contributed by atoms with Crippen LogP contribution in [0.2, 0.25) is 0 Å². The zero-order valence-corrected chi connectivity index (χ0v) is 13.2. The number of para-hydroxylation sites is 1. The molecule has 1 atom stereocenters. The van der Waals surface area contributed by atoms with Crippen LogP contribution in [0.3, 0.4) is 0 Å². The predicted octanol–water partition coefficient (Wildman–Crippen LogP) is 2.41. The molecule has 2 rings (SSSR count). The molecule has 0 radical (unpaired) electrons. The second kappa shape index (κ2) is 7.11. The molecular formula is C17H22N2O3. The average molecular weight is 302 g/mol. The minimum atomic E-state index is -0.405. The van der Waals surface area contributed by atoms with Crippen LogP contribution >= 0.6 is 0 Å². The monoisotopic (exact) mass is 302 g/mol. The number of hydrogen-bond acceptors (Lipinski definition) is 3. The highest BCUT2D eigenvalue weighted by Crippen LogP contribution is 2.18. The predicted molar refractivity (Wildman–Crippen MR) is 85.4 cm³/mol. The maximum absolute atomic E-state index is 11.9. The van der Waals surface area contributed by atoms with Crippen molar-refractivity contribution in [1.29, 1.82) is 0 Å². The fourth-order valence-electron chi connectivity index (χ4n) is 2.09. The maximum Gasteiger partial charge on any atom is 0.310 e. The molecule has 2 N–H and O–H groups in total. The van der Waals surface area contributed by atoms with Crippen LogP contribution in [-0.4, -0.2) is 29.5 Å². The van der Waals surface area contributed by atoms with E-state index in [1.807, 2.05) is 45.0 Å². The van der Waals surface area contributed by atoms with E-state index in [0.29, 0.717) is 5.92 Å². The van der Waals surface area contributed by atoms with E-state index in [-0.39, 0.29) is 25.0 Å². The van der Waals surface area contributed by atoms with Crippen LogP contribution in [0.4, 0.5) is 0 Å². The quantitative estimate of drug-likeness (QED) is 0.805. The van der Waals surface area contributed by atoms with Crippen molar-refractivity contribution < 1.29 is 14.3 Å². The summed E-state index contributed by atoms with van der Waals surface area (Å²) in [5.74, 6) is -0.337. The lowest BCUT2D eigenvalue weighted by molar-refractivity contribution is -0.148. The van der Waals surface area contributed by atoms with Gasteiger partial charge in [0.2, 0.25) is 0 Å². The van der Waals surface area contributed by atoms with E-state index in [4.69, 9.17) is 4.74 Å². The van der Waals surface area contributed by atoms with Crippen molar-refractivity contribution in [2.24, 2.45) is 5.92 Å². The van der Waals surface area contributed by atoms with Crippen molar-refractivity contribution in [2.75, 3.05) is 6.61 Å². The van der Waals surface area contributed by atoms with E-state index in [0.717, 1.165) is 16.5 Å². The molecule has 0 saturated carbocycles. The van der Waals surface area contributed by atoms with Crippen molar-refractivity contribution in [3.05, 3.63) is 36.0 Å². The molecule has 22 heavy (non-hydrogen) atoms. The third-order valence-corrected chi connectivity index (χ3v) is 3.76. The van der Waals surface area contributed by atoms with E-state index in [2.05, 4.69) is 10.3 Å². The number of benzene rings is 1. The van der Waals surface area contributed by atoms with Gasteiger partial charge in [-0.05, 0) is 24.5 Å². The van der Waals surface area contributed by atoms with Gasteiger partial charge in [0.15, 0.2) is 6.61 Å². The number of ether oxygens (including phenoxy) is 1. The van der Waals surface area contributed by atoms with Crippen LogP contribution in [0.15, 0.2) is 30.5 Å². The molecule has 1 heterocycles. The first-order valence-electron chi connectivity index (χ1n) is 7.47. The summed E-state index contributed by atoms with van der Waals surface area (Å²) in [6, 6.07) is 7.81. The largest absolute Gasteiger partial charge is 0.455 e. The van der Waals surface area contributed by atoms with E-state index in [1.165, 1.54) is 0 Å². The summed E-state index contributed by atoms with van der Waals surface area (Å²) in [5, 5.41) is 3.80. The SMILES string of the molecule is CC(C)[C@H](C)NC(=O)COC(=O)Cc1c[nH]c2ccccc12. The van der Waals surface area contributed by atoms with Gasteiger partial charge >= 0.3 is 5.97 Å². The number of hydrogen-bond donors (Lipinski definition) is 2. The first-order valence-corrected chi connectivity index (χ1v) is 7.47. The Morgan fingerprint density at radius 3 is 2.68 bits per heavy atom. The van der Waals surface area contributed by atoms with Gasteiger partial charge in [-0.15, -0.1) is 0 Å². The highest BCUT2D eigenvalue weighted by atomic mass is 16.5. The van der Waals surface area contributed by atoms with Crippen LogP contribution < -0.4 is 5.32 Å². The number of nitrogens with one attached hydrogen (secondary N) is 2. The Morgan fingerprint density at radius 1 is 1.23 bits per heavy atom. The van der Waals surface area contributed by atoms with Gasteiger partial charge in [0.05, 0.1) is 6.42 Å².